The molecule has 2 saturated heterocycles. The molecule has 5 nitrogen and oxygen atoms in total. The van der Waals surface area contributed by atoms with E-state index in [9.17, 15) is 9.18 Å². The van der Waals surface area contributed by atoms with Gasteiger partial charge >= 0.3 is 0 Å². The number of likely N-dealkylation sites (tertiary alicyclic amines) is 1. The van der Waals surface area contributed by atoms with Crippen LogP contribution in [0.3, 0.4) is 0 Å². The highest BCUT2D eigenvalue weighted by Gasteiger charge is 2.31. The number of aromatic nitrogens is 2. The number of carbonyl (C=O) groups is 1. The molecule has 2 fully saturated rings. The van der Waals surface area contributed by atoms with Gasteiger partial charge in [0.15, 0.2) is 11.6 Å². The zero-order valence-corrected chi connectivity index (χ0v) is 12.2. The molecule has 2 aliphatic rings. The molecule has 21 heavy (non-hydrogen) atoms. The van der Waals surface area contributed by atoms with E-state index in [0.717, 1.165) is 45.3 Å². The first-order valence-corrected chi connectivity index (χ1v) is 7.75. The molecule has 1 unspecified atom stereocenters. The summed E-state index contributed by atoms with van der Waals surface area (Å²) in [5, 5.41) is 0. The lowest BCUT2D eigenvalue weighted by atomic mass is 9.95. The summed E-state index contributed by atoms with van der Waals surface area (Å²) in [7, 11) is 0. The van der Waals surface area contributed by atoms with Crippen LogP contribution in [0, 0.1) is 11.7 Å². The van der Waals surface area contributed by atoms with Crippen LogP contribution in [0.2, 0.25) is 0 Å². The van der Waals surface area contributed by atoms with Crippen LogP contribution in [0.4, 0.5) is 10.2 Å². The van der Waals surface area contributed by atoms with Gasteiger partial charge in [0.05, 0.1) is 12.1 Å². The molecular weight excluding hydrogens is 271 g/mol. The van der Waals surface area contributed by atoms with Gasteiger partial charge in [-0.25, -0.2) is 14.4 Å². The number of halogens is 1. The Balaban J connectivity index is 1.68. The summed E-state index contributed by atoms with van der Waals surface area (Å²) in [4.78, 5) is 24.2. The van der Waals surface area contributed by atoms with Gasteiger partial charge in [-0.05, 0) is 32.1 Å². The molecule has 3 heterocycles. The van der Waals surface area contributed by atoms with Crippen LogP contribution in [0.1, 0.15) is 32.1 Å². The van der Waals surface area contributed by atoms with Crippen LogP contribution >= 0.6 is 0 Å². The van der Waals surface area contributed by atoms with Crippen molar-refractivity contribution in [2.75, 3.05) is 31.1 Å². The number of piperidine rings is 2. The second-order valence-corrected chi connectivity index (χ2v) is 5.87. The van der Waals surface area contributed by atoms with E-state index in [4.69, 9.17) is 0 Å². The maximum atomic E-state index is 13.8. The molecule has 1 amide bonds. The Bertz CT molecular complexity index is 504. The molecule has 0 aromatic carbocycles. The van der Waals surface area contributed by atoms with Gasteiger partial charge in [-0.15, -0.1) is 0 Å². The third kappa shape index (κ3) is 3.14. The van der Waals surface area contributed by atoms with Crippen molar-refractivity contribution in [1.29, 1.82) is 0 Å². The molecule has 0 N–H and O–H groups in total. The molecule has 1 aromatic rings. The lowest BCUT2D eigenvalue weighted by Crippen LogP contribution is -2.46. The van der Waals surface area contributed by atoms with Gasteiger partial charge in [0.1, 0.15) is 6.33 Å². The lowest BCUT2D eigenvalue weighted by molar-refractivity contribution is -0.136. The van der Waals surface area contributed by atoms with Crippen LogP contribution in [-0.4, -0.2) is 47.0 Å². The smallest absolute Gasteiger partial charge is 0.227 e. The van der Waals surface area contributed by atoms with E-state index < -0.39 is 5.82 Å². The quantitative estimate of drug-likeness (QED) is 0.834. The van der Waals surface area contributed by atoms with Crippen molar-refractivity contribution in [3.05, 3.63) is 18.3 Å². The summed E-state index contributed by atoms with van der Waals surface area (Å²) in [6.07, 6.45) is 7.73. The molecule has 114 valence electrons. The van der Waals surface area contributed by atoms with E-state index in [1.165, 1.54) is 18.9 Å². The average Bonchev–Trinajstić information content (AvgIpc) is 2.55. The van der Waals surface area contributed by atoms with Gasteiger partial charge in [-0.1, -0.05) is 0 Å². The standard InChI is InChI=1S/C15H21FN4O/c16-13-9-17-11-18-14(13)20-8-4-5-12(10-20)15(21)19-6-2-1-3-7-19/h9,11-12H,1-8,10H2. The highest BCUT2D eigenvalue weighted by atomic mass is 19.1. The number of rotatable bonds is 2. The number of carbonyl (C=O) groups excluding carboxylic acids is 1. The van der Waals surface area contributed by atoms with Gasteiger partial charge in [0.2, 0.25) is 5.91 Å². The van der Waals surface area contributed by atoms with Crippen molar-refractivity contribution in [1.82, 2.24) is 14.9 Å². The Kier molecular flexibility index (Phi) is 4.31. The minimum absolute atomic E-state index is 0.0359. The van der Waals surface area contributed by atoms with Crippen LogP contribution < -0.4 is 4.90 Å². The van der Waals surface area contributed by atoms with Crippen LogP contribution in [-0.2, 0) is 4.79 Å². The van der Waals surface area contributed by atoms with Gasteiger partial charge < -0.3 is 9.80 Å². The SMILES string of the molecule is O=C(C1CCCN(c2ncncc2F)C1)N1CCCCC1. The molecule has 0 spiro atoms. The predicted octanol–water partition coefficient (Wildman–Crippen LogP) is 1.84. The summed E-state index contributed by atoms with van der Waals surface area (Å²) in [6.45, 7) is 3.05. The molecule has 1 atom stereocenters. The maximum absolute atomic E-state index is 13.8. The zero-order chi connectivity index (χ0) is 14.7. The highest BCUT2D eigenvalue weighted by Crippen LogP contribution is 2.25. The minimum atomic E-state index is -0.413. The Morgan fingerprint density at radius 2 is 2.00 bits per heavy atom. The van der Waals surface area contributed by atoms with Crippen LogP contribution in [0.15, 0.2) is 12.5 Å². The first-order chi connectivity index (χ1) is 10.3. The molecule has 3 rings (SSSR count). The average molecular weight is 292 g/mol. The molecule has 6 heteroatoms. The van der Waals surface area contributed by atoms with E-state index in [1.807, 2.05) is 9.80 Å². The van der Waals surface area contributed by atoms with E-state index in [0.29, 0.717) is 12.4 Å². The third-order valence-corrected chi connectivity index (χ3v) is 4.39. The summed E-state index contributed by atoms with van der Waals surface area (Å²) < 4.78 is 13.8. The number of anilines is 1. The van der Waals surface area contributed by atoms with Crippen molar-refractivity contribution in [3.63, 3.8) is 0 Å². The predicted molar refractivity (Wildman–Crippen MR) is 77.4 cm³/mol. The summed E-state index contributed by atoms with van der Waals surface area (Å²) in [5.74, 6) is 0.102. The summed E-state index contributed by atoms with van der Waals surface area (Å²) in [6, 6.07) is 0. The second kappa shape index (κ2) is 6.37. The highest BCUT2D eigenvalue weighted by molar-refractivity contribution is 5.79. The molecule has 0 radical (unpaired) electrons. The fourth-order valence-corrected chi connectivity index (χ4v) is 3.28. The Hall–Kier alpha value is -1.72. The molecular formula is C15H21FN4O. The number of nitrogens with zero attached hydrogens (tertiary/aromatic N) is 4. The molecule has 0 saturated carbocycles. The van der Waals surface area contributed by atoms with E-state index >= 15 is 0 Å². The lowest BCUT2D eigenvalue weighted by Gasteiger charge is -2.36. The van der Waals surface area contributed by atoms with E-state index in [1.54, 1.807) is 0 Å². The van der Waals surface area contributed by atoms with Crippen molar-refractivity contribution in [2.24, 2.45) is 5.92 Å². The first-order valence-electron chi connectivity index (χ1n) is 7.75. The van der Waals surface area contributed by atoms with E-state index in [-0.39, 0.29) is 11.8 Å². The fraction of sp³-hybridized carbons (Fsp3) is 0.667. The van der Waals surface area contributed by atoms with Gasteiger partial charge in [0.25, 0.3) is 0 Å². The first kappa shape index (κ1) is 14.2. The van der Waals surface area contributed by atoms with Gasteiger partial charge in [-0.3, -0.25) is 4.79 Å². The molecule has 0 bridgehead atoms. The van der Waals surface area contributed by atoms with E-state index in [2.05, 4.69) is 9.97 Å². The molecule has 1 aromatic heterocycles. The molecule has 0 aliphatic carbocycles. The van der Waals surface area contributed by atoms with Crippen molar-refractivity contribution in [2.45, 2.75) is 32.1 Å². The normalized spacial score (nSPS) is 23.2. The van der Waals surface area contributed by atoms with Gasteiger partial charge in [0, 0.05) is 26.2 Å². The zero-order valence-electron chi connectivity index (χ0n) is 12.2. The Morgan fingerprint density at radius 1 is 1.19 bits per heavy atom. The Labute approximate surface area is 124 Å². The number of hydrogen-bond acceptors (Lipinski definition) is 4. The summed E-state index contributed by atoms with van der Waals surface area (Å²) >= 11 is 0. The second-order valence-electron chi connectivity index (χ2n) is 5.87. The molecule has 2 aliphatic heterocycles. The number of hydrogen-bond donors (Lipinski definition) is 0. The third-order valence-electron chi connectivity index (χ3n) is 4.39. The van der Waals surface area contributed by atoms with Crippen molar-refractivity contribution in [3.8, 4) is 0 Å². The fourth-order valence-electron chi connectivity index (χ4n) is 3.28. The van der Waals surface area contributed by atoms with Crippen LogP contribution in [0.25, 0.3) is 0 Å². The topological polar surface area (TPSA) is 49.3 Å². The van der Waals surface area contributed by atoms with Crippen LogP contribution in [0.5, 0.6) is 0 Å². The minimum Gasteiger partial charge on any atom is -0.353 e. The van der Waals surface area contributed by atoms with Crippen molar-refractivity contribution < 1.29 is 9.18 Å². The summed E-state index contributed by atoms with van der Waals surface area (Å²) in [5.41, 5.74) is 0. The van der Waals surface area contributed by atoms with Gasteiger partial charge in [-0.2, -0.15) is 0 Å². The monoisotopic (exact) mass is 292 g/mol. The number of amides is 1. The largest absolute Gasteiger partial charge is 0.353 e. The maximum Gasteiger partial charge on any atom is 0.227 e. The van der Waals surface area contributed by atoms with Crippen molar-refractivity contribution >= 4 is 11.7 Å². The Morgan fingerprint density at radius 3 is 2.76 bits per heavy atom.